The molecule has 5 heteroatoms. The second-order valence-electron chi connectivity index (χ2n) is 4.51. The maximum Gasteiger partial charge on any atom is 0.328 e. The molecule has 0 aromatic heterocycles. The Labute approximate surface area is 111 Å². The predicted molar refractivity (Wildman–Crippen MR) is 67.1 cm³/mol. The summed E-state index contributed by atoms with van der Waals surface area (Å²) in [7, 11) is 1.29. The molecular formula is C14H16FNO3. The molecule has 1 fully saturated rings. The summed E-state index contributed by atoms with van der Waals surface area (Å²) in [4.78, 5) is 25.4. The second-order valence-corrected chi connectivity index (χ2v) is 4.51. The maximum absolute atomic E-state index is 13.6. The van der Waals surface area contributed by atoms with E-state index in [1.54, 1.807) is 6.07 Å². The lowest BCUT2D eigenvalue weighted by Gasteiger charge is -2.33. The van der Waals surface area contributed by atoms with Crippen LogP contribution in [-0.4, -0.2) is 36.5 Å². The number of halogens is 1. The molecule has 0 bridgehead atoms. The lowest BCUT2D eigenvalue weighted by atomic mass is 10.0. The van der Waals surface area contributed by atoms with Crippen LogP contribution in [0.3, 0.4) is 0 Å². The molecule has 0 unspecified atom stereocenters. The Balaban J connectivity index is 2.25. The monoisotopic (exact) mass is 265 g/mol. The van der Waals surface area contributed by atoms with E-state index in [4.69, 9.17) is 4.74 Å². The van der Waals surface area contributed by atoms with Gasteiger partial charge in [0.15, 0.2) is 0 Å². The van der Waals surface area contributed by atoms with E-state index in [1.807, 2.05) is 0 Å². The van der Waals surface area contributed by atoms with Gasteiger partial charge < -0.3 is 9.64 Å². The predicted octanol–water partition coefficient (Wildman–Crippen LogP) is 1.99. The first kappa shape index (κ1) is 13.5. The molecule has 0 spiro atoms. The number of esters is 1. The summed E-state index contributed by atoms with van der Waals surface area (Å²) in [6, 6.07) is 5.20. The van der Waals surface area contributed by atoms with Crippen molar-refractivity contribution >= 4 is 11.9 Å². The highest BCUT2D eigenvalue weighted by atomic mass is 19.1. The number of hydrogen-bond donors (Lipinski definition) is 0. The highest BCUT2D eigenvalue weighted by molar-refractivity contribution is 5.97. The van der Waals surface area contributed by atoms with Crippen molar-refractivity contribution in [3.8, 4) is 0 Å². The fraction of sp³-hybridized carbons (Fsp3) is 0.429. The van der Waals surface area contributed by atoms with Crippen LogP contribution < -0.4 is 0 Å². The standard InChI is InChI=1S/C14H16FNO3/c1-19-14(18)12-8-4-5-9-16(12)13(17)10-6-2-3-7-11(10)15/h2-3,6-7,12H,4-5,8-9H2,1H3/t12-/m1/s1. The van der Waals surface area contributed by atoms with Crippen LogP contribution in [0.1, 0.15) is 29.6 Å². The zero-order chi connectivity index (χ0) is 13.8. The molecular weight excluding hydrogens is 249 g/mol. The quantitative estimate of drug-likeness (QED) is 0.768. The number of nitrogens with zero attached hydrogens (tertiary/aromatic N) is 1. The van der Waals surface area contributed by atoms with Gasteiger partial charge in [0.1, 0.15) is 11.9 Å². The van der Waals surface area contributed by atoms with Crippen molar-refractivity contribution in [2.24, 2.45) is 0 Å². The first-order valence-corrected chi connectivity index (χ1v) is 6.28. The van der Waals surface area contributed by atoms with Gasteiger partial charge in [-0.1, -0.05) is 12.1 Å². The molecule has 0 aliphatic carbocycles. The van der Waals surface area contributed by atoms with Gasteiger partial charge in [-0.15, -0.1) is 0 Å². The number of rotatable bonds is 2. The number of carbonyl (C=O) groups is 2. The van der Waals surface area contributed by atoms with Crippen LogP contribution in [0.4, 0.5) is 4.39 Å². The van der Waals surface area contributed by atoms with Crippen molar-refractivity contribution < 1.29 is 18.7 Å². The number of methoxy groups -OCH3 is 1. The third kappa shape index (κ3) is 2.75. The third-order valence-corrected chi connectivity index (χ3v) is 3.34. The number of benzene rings is 1. The minimum absolute atomic E-state index is 0.00157. The van der Waals surface area contributed by atoms with E-state index < -0.39 is 23.7 Å². The van der Waals surface area contributed by atoms with Gasteiger partial charge in [-0.3, -0.25) is 4.79 Å². The number of amides is 1. The lowest BCUT2D eigenvalue weighted by molar-refractivity contribution is -0.147. The normalized spacial score (nSPS) is 19.1. The Morgan fingerprint density at radius 1 is 1.32 bits per heavy atom. The molecule has 0 saturated carbocycles. The molecule has 1 aromatic rings. The van der Waals surface area contributed by atoms with Crippen molar-refractivity contribution in [3.05, 3.63) is 35.6 Å². The molecule has 19 heavy (non-hydrogen) atoms. The SMILES string of the molecule is COC(=O)[C@H]1CCCCN1C(=O)c1ccccc1F. The Bertz CT molecular complexity index is 489. The summed E-state index contributed by atoms with van der Waals surface area (Å²) in [5.74, 6) is -1.46. The van der Waals surface area contributed by atoms with Crippen LogP contribution in [0.2, 0.25) is 0 Å². The van der Waals surface area contributed by atoms with Gasteiger partial charge in [-0.05, 0) is 31.4 Å². The van der Waals surface area contributed by atoms with E-state index >= 15 is 0 Å². The summed E-state index contributed by atoms with van der Waals surface area (Å²) >= 11 is 0. The lowest BCUT2D eigenvalue weighted by Crippen LogP contribution is -2.48. The molecule has 1 amide bonds. The topological polar surface area (TPSA) is 46.6 Å². The van der Waals surface area contributed by atoms with Gasteiger partial charge in [0.25, 0.3) is 5.91 Å². The van der Waals surface area contributed by atoms with Gasteiger partial charge >= 0.3 is 5.97 Å². The van der Waals surface area contributed by atoms with E-state index in [1.165, 1.54) is 30.2 Å². The molecule has 1 saturated heterocycles. The number of carbonyl (C=O) groups excluding carboxylic acids is 2. The number of piperidine rings is 1. The Morgan fingerprint density at radius 3 is 2.74 bits per heavy atom. The summed E-state index contributed by atoms with van der Waals surface area (Å²) in [6.07, 6.45) is 2.24. The largest absolute Gasteiger partial charge is 0.467 e. The van der Waals surface area contributed by atoms with Crippen molar-refractivity contribution in [2.75, 3.05) is 13.7 Å². The highest BCUT2D eigenvalue weighted by Gasteiger charge is 2.34. The number of likely N-dealkylation sites (tertiary alicyclic amines) is 1. The highest BCUT2D eigenvalue weighted by Crippen LogP contribution is 2.21. The van der Waals surface area contributed by atoms with Crippen molar-refractivity contribution in [1.82, 2.24) is 4.90 Å². The molecule has 0 N–H and O–H groups in total. The Morgan fingerprint density at radius 2 is 2.05 bits per heavy atom. The van der Waals surface area contributed by atoms with E-state index in [0.717, 1.165) is 12.8 Å². The molecule has 4 nitrogen and oxygen atoms in total. The molecule has 1 atom stereocenters. The fourth-order valence-corrected chi connectivity index (χ4v) is 2.35. The Kier molecular flexibility index (Phi) is 4.14. The summed E-state index contributed by atoms with van der Waals surface area (Å²) in [6.45, 7) is 0.451. The molecule has 102 valence electrons. The van der Waals surface area contributed by atoms with E-state index in [-0.39, 0.29) is 5.56 Å². The van der Waals surface area contributed by atoms with Crippen LogP contribution in [0.15, 0.2) is 24.3 Å². The van der Waals surface area contributed by atoms with Crippen molar-refractivity contribution in [3.63, 3.8) is 0 Å². The maximum atomic E-state index is 13.6. The smallest absolute Gasteiger partial charge is 0.328 e. The van der Waals surface area contributed by atoms with E-state index in [2.05, 4.69) is 0 Å². The second kappa shape index (κ2) is 5.82. The van der Waals surface area contributed by atoms with Crippen LogP contribution in [0.5, 0.6) is 0 Å². The number of ether oxygens (including phenoxy) is 1. The van der Waals surface area contributed by atoms with E-state index in [0.29, 0.717) is 13.0 Å². The van der Waals surface area contributed by atoms with Crippen molar-refractivity contribution in [2.45, 2.75) is 25.3 Å². The van der Waals surface area contributed by atoms with Gasteiger partial charge in [-0.2, -0.15) is 0 Å². The Hall–Kier alpha value is -1.91. The van der Waals surface area contributed by atoms with Crippen LogP contribution in [-0.2, 0) is 9.53 Å². The molecule has 1 aliphatic heterocycles. The first-order chi connectivity index (χ1) is 9.15. The van der Waals surface area contributed by atoms with Crippen LogP contribution in [0, 0.1) is 5.82 Å². The average Bonchev–Trinajstić information content (AvgIpc) is 2.46. The average molecular weight is 265 g/mol. The summed E-state index contributed by atoms with van der Waals surface area (Å²) < 4.78 is 18.4. The van der Waals surface area contributed by atoms with Crippen LogP contribution in [0.25, 0.3) is 0 Å². The minimum atomic E-state index is -0.606. The van der Waals surface area contributed by atoms with Crippen LogP contribution >= 0.6 is 0 Å². The fourth-order valence-electron chi connectivity index (χ4n) is 2.35. The molecule has 2 rings (SSSR count). The van der Waals surface area contributed by atoms with Gasteiger partial charge in [0, 0.05) is 6.54 Å². The summed E-state index contributed by atoms with van der Waals surface area (Å²) in [5.41, 5.74) is -0.00157. The van der Waals surface area contributed by atoms with Gasteiger partial charge in [0.2, 0.25) is 0 Å². The van der Waals surface area contributed by atoms with E-state index in [9.17, 15) is 14.0 Å². The van der Waals surface area contributed by atoms with Crippen molar-refractivity contribution in [1.29, 1.82) is 0 Å². The van der Waals surface area contributed by atoms with Gasteiger partial charge in [0.05, 0.1) is 12.7 Å². The molecule has 1 heterocycles. The zero-order valence-electron chi connectivity index (χ0n) is 10.8. The van der Waals surface area contributed by atoms with Gasteiger partial charge in [-0.25, -0.2) is 9.18 Å². The number of hydrogen-bond acceptors (Lipinski definition) is 3. The molecule has 1 aromatic carbocycles. The zero-order valence-corrected chi connectivity index (χ0v) is 10.8. The minimum Gasteiger partial charge on any atom is -0.467 e. The molecule has 0 radical (unpaired) electrons. The molecule has 1 aliphatic rings. The first-order valence-electron chi connectivity index (χ1n) is 6.28. The summed E-state index contributed by atoms with van der Waals surface area (Å²) in [5, 5.41) is 0. The third-order valence-electron chi connectivity index (χ3n) is 3.34.